The number of carbonyl (C=O) groups is 1. The molecule has 0 radical (unpaired) electrons. The SMILES string of the molecule is Cc1cc(O)c(C23CC4CC(CC(C4)C2)C3)cc1-c1ccc(/C=C/C(=O)O)cc1Cl. The van der Waals surface area contributed by atoms with E-state index in [1.165, 1.54) is 38.5 Å². The van der Waals surface area contributed by atoms with Crippen molar-refractivity contribution < 1.29 is 15.0 Å². The molecular weight excluding hydrogens is 396 g/mol. The Morgan fingerprint density at radius 2 is 1.67 bits per heavy atom. The predicted molar refractivity (Wildman–Crippen MR) is 120 cm³/mol. The molecule has 0 aromatic heterocycles. The Kier molecular flexibility index (Phi) is 4.70. The lowest BCUT2D eigenvalue weighted by Gasteiger charge is -2.57. The molecule has 0 heterocycles. The fourth-order valence-corrected chi connectivity index (χ4v) is 7.16. The lowest BCUT2D eigenvalue weighted by molar-refractivity contribution is -0.131. The molecule has 0 spiro atoms. The van der Waals surface area contributed by atoms with Crippen molar-refractivity contribution >= 4 is 23.6 Å². The standard InChI is InChI=1S/C26H27ClO3/c1-15-6-24(28)22(26-12-17-7-18(13-26)9-19(8-17)14-26)11-21(15)20-4-2-16(10-23(20)27)3-5-25(29)30/h2-6,10-11,17-19,28H,7-9,12-14H2,1H3,(H,29,30)/b5-3+. The zero-order valence-electron chi connectivity index (χ0n) is 17.2. The molecule has 0 saturated heterocycles. The highest BCUT2D eigenvalue weighted by atomic mass is 35.5. The van der Waals surface area contributed by atoms with Crippen molar-refractivity contribution in [3.63, 3.8) is 0 Å². The van der Waals surface area contributed by atoms with Crippen molar-refractivity contribution in [1.82, 2.24) is 0 Å². The first kappa shape index (κ1) is 19.7. The molecule has 3 nitrogen and oxygen atoms in total. The summed E-state index contributed by atoms with van der Waals surface area (Å²) in [7, 11) is 0. The van der Waals surface area contributed by atoms with E-state index < -0.39 is 5.97 Å². The van der Waals surface area contributed by atoms with E-state index in [4.69, 9.17) is 16.7 Å². The van der Waals surface area contributed by atoms with Crippen LogP contribution in [0.15, 0.2) is 36.4 Å². The number of phenols is 1. The molecule has 2 N–H and O–H groups in total. The lowest BCUT2D eigenvalue weighted by Crippen LogP contribution is -2.48. The van der Waals surface area contributed by atoms with E-state index in [1.54, 1.807) is 12.1 Å². The molecule has 156 valence electrons. The Morgan fingerprint density at radius 3 is 2.23 bits per heavy atom. The van der Waals surface area contributed by atoms with Gasteiger partial charge in [0.2, 0.25) is 0 Å². The second-order valence-corrected chi connectivity index (χ2v) is 10.2. The molecule has 4 fully saturated rings. The Hall–Kier alpha value is -2.26. The molecule has 0 unspecified atom stereocenters. The maximum Gasteiger partial charge on any atom is 0.328 e. The molecule has 30 heavy (non-hydrogen) atoms. The van der Waals surface area contributed by atoms with E-state index in [1.807, 2.05) is 25.1 Å². The minimum atomic E-state index is -0.982. The molecular formula is C26H27ClO3. The Morgan fingerprint density at radius 1 is 1.03 bits per heavy atom. The zero-order valence-corrected chi connectivity index (χ0v) is 18.0. The topological polar surface area (TPSA) is 57.5 Å². The summed E-state index contributed by atoms with van der Waals surface area (Å²) >= 11 is 6.62. The molecule has 0 amide bonds. The average molecular weight is 423 g/mol. The Bertz CT molecular complexity index is 1020. The van der Waals surface area contributed by atoms with Gasteiger partial charge in [0.1, 0.15) is 5.75 Å². The van der Waals surface area contributed by atoms with Crippen LogP contribution in [0.2, 0.25) is 5.02 Å². The number of carboxylic acid groups (broad SMARTS) is 1. The Balaban J connectivity index is 1.56. The van der Waals surface area contributed by atoms with Crippen LogP contribution in [0.4, 0.5) is 0 Å². The van der Waals surface area contributed by atoms with Crippen molar-refractivity contribution in [3.05, 3.63) is 58.1 Å². The fourth-order valence-electron chi connectivity index (χ4n) is 6.87. The minimum Gasteiger partial charge on any atom is -0.508 e. The first-order chi connectivity index (χ1) is 14.3. The van der Waals surface area contributed by atoms with Gasteiger partial charge in [0.05, 0.1) is 0 Å². The van der Waals surface area contributed by atoms with Gasteiger partial charge in [-0.3, -0.25) is 0 Å². The highest BCUT2D eigenvalue weighted by Crippen LogP contribution is 2.62. The first-order valence-corrected chi connectivity index (χ1v) is 11.3. The number of aliphatic carboxylic acids is 1. The number of carboxylic acids is 1. The predicted octanol–water partition coefficient (Wildman–Crippen LogP) is 6.59. The van der Waals surface area contributed by atoms with Crippen LogP contribution in [0, 0.1) is 24.7 Å². The highest BCUT2D eigenvalue weighted by Gasteiger charge is 2.52. The van der Waals surface area contributed by atoms with E-state index in [-0.39, 0.29) is 5.41 Å². The molecule has 0 aliphatic heterocycles. The van der Waals surface area contributed by atoms with Crippen LogP contribution in [-0.2, 0) is 10.2 Å². The maximum atomic E-state index is 11.0. The first-order valence-electron chi connectivity index (χ1n) is 10.9. The van der Waals surface area contributed by atoms with Crippen molar-refractivity contribution in [3.8, 4) is 16.9 Å². The number of halogens is 1. The second-order valence-electron chi connectivity index (χ2n) is 9.79. The van der Waals surface area contributed by atoms with Crippen molar-refractivity contribution in [2.24, 2.45) is 17.8 Å². The van der Waals surface area contributed by atoms with Gasteiger partial charge in [0, 0.05) is 22.2 Å². The number of aromatic hydroxyl groups is 1. The third kappa shape index (κ3) is 3.33. The van der Waals surface area contributed by atoms with E-state index in [0.29, 0.717) is 10.8 Å². The fraction of sp³-hybridized carbons (Fsp3) is 0.423. The summed E-state index contributed by atoms with van der Waals surface area (Å²) in [6, 6.07) is 9.72. The molecule has 2 aromatic rings. The van der Waals surface area contributed by atoms with E-state index >= 15 is 0 Å². The van der Waals surface area contributed by atoms with Crippen LogP contribution < -0.4 is 0 Å². The van der Waals surface area contributed by atoms with Crippen LogP contribution in [0.5, 0.6) is 5.75 Å². The number of hydrogen-bond donors (Lipinski definition) is 2. The molecule has 4 bridgehead atoms. The van der Waals surface area contributed by atoms with E-state index in [2.05, 4.69) is 6.07 Å². The van der Waals surface area contributed by atoms with Gasteiger partial charge < -0.3 is 10.2 Å². The summed E-state index contributed by atoms with van der Waals surface area (Å²) in [6.45, 7) is 2.01. The molecule has 4 aliphatic rings. The molecule has 4 saturated carbocycles. The van der Waals surface area contributed by atoms with Crippen LogP contribution >= 0.6 is 11.6 Å². The van der Waals surface area contributed by atoms with Crippen molar-refractivity contribution in [2.75, 3.05) is 0 Å². The normalized spacial score (nSPS) is 29.6. The third-order valence-corrected chi connectivity index (χ3v) is 7.97. The smallest absolute Gasteiger partial charge is 0.328 e. The number of aryl methyl sites for hydroxylation is 1. The van der Waals surface area contributed by atoms with Crippen LogP contribution in [0.1, 0.15) is 55.2 Å². The molecule has 0 atom stereocenters. The van der Waals surface area contributed by atoms with Crippen molar-refractivity contribution in [1.29, 1.82) is 0 Å². The van der Waals surface area contributed by atoms with Gasteiger partial charge in [-0.2, -0.15) is 0 Å². The van der Waals surface area contributed by atoms with Gasteiger partial charge in [-0.1, -0.05) is 23.7 Å². The summed E-state index contributed by atoms with van der Waals surface area (Å²) in [6.07, 6.45) is 10.4. The van der Waals surface area contributed by atoms with Gasteiger partial charge in [0.25, 0.3) is 0 Å². The van der Waals surface area contributed by atoms with Crippen LogP contribution in [-0.4, -0.2) is 16.2 Å². The second kappa shape index (κ2) is 7.16. The maximum absolute atomic E-state index is 11.0. The minimum absolute atomic E-state index is 0.109. The monoisotopic (exact) mass is 422 g/mol. The van der Waals surface area contributed by atoms with Gasteiger partial charge in [-0.25, -0.2) is 4.79 Å². The number of phenolic OH excluding ortho intramolecular Hbond substituents is 1. The summed E-state index contributed by atoms with van der Waals surface area (Å²) in [5.41, 5.74) is 4.94. The summed E-state index contributed by atoms with van der Waals surface area (Å²) in [4.78, 5) is 10.8. The quantitative estimate of drug-likeness (QED) is 0.546. The van der Waals surface area contributed by atoms with Gasteiger partial charge in [-0.05, 0) is 110 Å². The molecule has 6 rings (SSSR count). The van der Waals surface area contributed by atoms with E-state index in [9.17, 15) is 9.90 Å². The van der Waals surface area contributed by atoms with Crippen LogP contribution in [0.3, 0.4) is 0 Å². The number of rotatable bonds is 4. The average Bonchev–Trinajstić information content (AvgIpc) is 2.66. The summed E-state index contributed by atoms with van der Waals surface area (Å²) in [5, 5.41) is 20.4. The van der Waals surface area contributed by atoms with Gasteiger partial charge >= 0.3 is 5.97 Å². The van der Waals surface area contributed by atoms with Crippen LogP contribution in [0.25, 0.3) is 17.2 Å². The van der Waals surface area contributed by atoms with Gasteiger partial charge in [0.15, 0.2) is 0 Å². The third-order valence-electron chi connectivity index (χ3n) is 7.65. The highest BCUT2D eigenvalue weighted by molar-refractivity contribution is 6.33. The molecule has 4 heteroatoms. The van der Waals surface area contributed by atoms with Crippen molar-refractivity contribution in [2.45, 2.75) is 50.9 Å². The lowest BCUT2D eigenvalue weighted by atomic mass is 9.48. The summed E-state index contributed by atoms with van der Waals surface area (Å²) in [5.74, 6) is 1.87. The molecule has 4 aliphatic carbocycles. The number of benzene rings is 2. The largest absolute Gasteiger partial charge is 0.508 e. The van der Waals surface area contributed by atoms with E-state index in [0.717, 1.165) is 51.6 Å². The summed E-state index contributed by atoms with van der Waals surface area (Å²) < 4.78 is 0. The Labute approximate surface area is 182 Å². The zero-order chi connectivity index (χ0) is 21.0. The van der Waals surface area contributed by atoms with Gasteiger partial charge in [-0.15, -0.1) is 0 Å². The number of hydrogen-bond acceptors (Lipinski definition) is 2. The molecule has 2 aromatic carbocycles.